The molecule has 0 radical (unpaired) electrons. The van der Waals surface area contributed by atoms with Crippen LogP contribution in [-0.4, -0.2) is 29.5 Å². The number of amides is 2. The fraction of sp³-hybridized carbons (Fsp3) is 0.467. The van der Waals surface area contributed by atoms with Crippen LogP contribution in [0.15, 0.2) is 24.3 Å². The second kappa shape index (κ2) is 5.13. The maximum Gasteiger partial charge on any atom is 0.263 e. The summed E-state index contributed by atoms with van der Waals surface area (Å²) in [6.07, 6.45) is 5.86. The lowest BCUT2D eigenvalue weighted by atomic mass is 9.98. The van der Waals surface area contributed by atoms with E-state index in [0.29, 0.717) is 11.1 Å². The van der Waals surface area contributed by atoms with Crippen LogP contribution in [0.3, 0.4) is 0 Å². The van der Waals surface area contributed by atoms with E-state index in [4.69, 9.17) is 4.74 Å². The quantitative estimate of drug-likeness (QED) is 0.784. The molecule has 0 spiro atoms. The second-order valence-corrected chi connectivity index (χ2v) is 5.14. The van der Waals surface area contributed by atoms with Crippen LogP contribution >= 0.6 is 0 Å². The minimum Gasteiger partial charge on any atom is -0.357 e. The molecule has 0 unspecified atom stereocenters. The molecule has 0 atom stereocenters. The van der Waals surface area contributed by atoms with Crippen LogP contribution < -0.4 is 0 Å². The van der Waals surface area contributed by atoms with Gasteiger partial charge in [0.15, 0.2) is 0 Å². The van der Waals surface area contributed by atoms with Crippen molar-refractivity contribution in [3.8, 4) is 0 Å². The number of nitrogens with zero attached hydrogens (tertiary/aromatic N) is 1. The first-order chi connectivity index (χ1) is 9.27. The van der Waals surface area contributed by atoms with Crippen LogP contribution in [0, 0.1) is 0 Å². The molecule has 4 heteroatoms. The van der Waals surface area contributed by atoms with Crippen molar-refractivity contribution in [2.75, 3.05) is 6.73 Å². The van der Waals surface area contributed by atoms with Crippen LogP contribution in [0.4, 0.5) is 0 Å². The molecule has 0 saturated heterocycles. The average Bonchev–Trinajstić information content (AvgIpc) is 2.71. The van der Waals surface area contributed by atoms with Gasteiger partial charge in [0.05, 0.1) is 17.2 Å². The SMILES string of the molecule is O=C1c2ccccc2C(=O)N1COC1CCCCC1. The molecule has 1 heterocycles. The monoisotopic (exact) mass is 259 g/mol. The van der Waals surface area contributed by atoms with Gasteiger partial charge in [0, 0.05) is 0 Å². The van der Waals surface area contributed by atoms with Crippen LogP contribution in [0.1, 0.15) is 52.8 Å². The highest BCUT2D eigenvalue weighted by Gasteiger charge is 2.35. The largest absolute Gasteiger partial charge is 0.357 e. The Bertz CT molecular complexity index is 471. The van der Waals surface area contributed by atoms with Crippen LogP contribution in [0.2, 0.25) is 0 Å². The first-order valence-electron chi connectivity index (χ1n) is 6.84. The fourth-order valence-electron chi connectivity index (χ4n) is 2.77. The number of carbonyl (C=O) groups excluding carboxylic acids is 2. The standard InChI is InChI=1S/C15H17NO3/c17-14-12-8-4-5-9-13(12)15(18)16(14)10-19-11-6-2-1-3-7-11/h4-5,8-9,11H,1-3,6-7,10H2. The molecular weight excluding hydrogens is 242 g/mol. The number of ether oxygens (including phenoxy) is 1. The molecule has 100 valence electrons. The number of imide groups is 1. The van der Waals surface area contributed by atoms with E-state index in [9.17, 15) is 9.59 Å². The average molecular weight is 259 g/mol. The molecular formula is C15H17NO3. The molecule has 0 aromatic heterocycles. The summed E-state index contributed by atoms with van der Waals surface area (Å²) in [7, 11) is 0. The summed E-state index contributed by atoms with van der Waals surface area (Å²) in [5.74, 6) is -0.479. The first kappa shape index (κ1) is 12.4. The Morgan fingerprint density at radius 2 is 1.58 bits per heavy atom. The molecule has 0 bridgehead atoms. The van der Waals surface area contributed by atoms with E-state index in [-0.39, 0.29) is 24.6 Å². The van der Waals surface area contributed by atoms with Gasteiger partial charge in [-0.1, -0.05) is 31.4 Å². The Hall–Kier alpha value is -1.68. The predicted molar refractivity (Wildman–Crippen MR) is 69.8 cm³/mol. The normalized spacial score (nSPS) is 19.9. The van der Waals surface area contributed by atoms with E-state index < -0.39 is 0 Å². The molecule has 19 heavy (non-hydrogen) atoms. The summed E-state index contributed by atoms with van der Waals surface area (Å²) in [5.41, 5.74) is 0.972. The minimum absolute atomic E-state index is 0.0804. The smallest absolute Gasteiger partial charge is 0.263 e. The number of carbonyl (C=O) groups is 2. The molecule has 4 nitrogen and oxygen atoms in total. The van der Waals surface area contributed by atoms with Gasteiger partial charge >= 0.3 is 0 Å². The molecule has 1 aromatic carbocycles. The van der Waals surface area contributed by atoms with E-state index in [2.05, 4.69) is 0 Å². The molecule has 2 aliphatic rings. The number of rotatable bonds is 3. The third-order valence-corrected chi connectivity index (χ3v) is 3.87. The van der Waals surface area contributed by atoms with Gasteiger partial charge in [-0.25, -0.2) is 4.90 Å². The maximum atomic E-state index is 12.1. The van der Waals surface area contributed by atoms with Gasteiger partial charge in [-0.2, -0.15) is 0 Å². The lowest BCUT2D eigenvalue weighted by Gasteiger charge is -2.24. The molecule has 2 amide bonds. The van der Waals surface area contributed by atoms with Gasteiger partial charge in [-0.3, -0.25) is 9.59 Å². The number of fused-ring (bicyclic) bond motifs is 1. The van der Waals surface area contributed by atoms with Gasteiger partial charge in [0.1, 0.15) is 6.73 Å². The summed E-state index contributed by atoms with van der Waals surface area (Å²) in [5, 5.41) is 0. The zero-order valence-electron chi connectivity index (χ0n) is 10.8. The molecule has 1 fully saturated rings. The van der Waals surface area contributed by atoms with E-state index in [0.717, 1.165) is 12.8 Å². The lowest BCUT2D eigenvalue weighted by Crippen LogP contribution is -2.34. The third kappa shape index (κ3) is 2.28. The van der Waals surface area contributed by atoms with E-state index in [1.165, 1.54) is 24.2 Å². The van der Waals surface area contributed by atoms with Gasteiger partial charge in [-0.15, -0.1) is 0 Å². The zero-order chi connectivity index (χ0) is 13.2. The fourth-order valence-corrected chi connectivity index (χ4v) is 2.77. The molecule has 1 saturated carbocycles. The Balaban J connectivity index is 1.67. The number of hydrogen-bond acceptors (Lipinski definition) is 3. The molecule has 1 aliphatic heterocycles. The van der Waals surface area contributed by atoms with Gasteiger partial charge < -0.3 is 4.74 Å². The Kier molecular flexibility index (Phi) is 3.34. The number of benzene rings is 1. The van der Waals surface area contributed by atoms with Gasteiger partial charge in [0.2, 0.25) is 0 Å². The van der Waals surface area contributed by atoms with Crippen LogP contribution in [0.25, 0.3) is 0 Å². The van der Waals surface area contributed by atoms with Crippen molar-refractivity contribution in [1.82, 2.24) is 4.90 Å². The van der Waals surface area contributed by atoms with Gasteiger partial charge in [-0.05, 0) is 25.0 Å². The van der Waals surface area contributed by atoms with Crippen molar-refractivity contribution in [3.05, 3.63) is 35.4 Å². The topological polar surface area (TPSA) is 46.6 Å². The lowest BCUT2D eigenvalue weighted by molar-refractivity contribution is -0.0211. The van der Waals surface area contributed by atoms with Gasteiger partial charge in [0.25, 0.3) is 11.8 Å². The van der Waals surface area contributed by atoms with Crippen molar-refractivity contribution in [1.29, 1.82) is 0 Å². The number of hydrogen-bond donors (Lipinski definition) is 0. The highest BCUT2D eigenvalue weighted by atomic mass is 16.5. The predicted octanol–water partition coefficient (Wildman–Crippen LogP) is 2.59. The Labute approximate surface area is 112 Å². The van der Waals surface area contributed by atoms with Crippen molar-refractivity contribution in [2.45, 2.75) is 38.2 Å². The highest BCUT2D eigenvalue weighted by Crippen LogP contribution is 2.24. The van der Waals surface area contributed by atoms with Crippen molar-refractivity contribution in [2.24, 2.45) is 0 Å². The van der Waals surface area contributed by atoms with Crippen LogP contribution in [-0.2, 0) is 4.74 Å². The van der Waals surface area contributed by atoms with Crippen molar-refractivity contribution < 1.29 is 14.3 Å². The Morgan fingerprint density at radius 3 is 2.16 bits per heavy atom. The highest BCUT2D eigenvalue weighted by molar-refractivity contribution is 6.21. The minimum atomic E-state index is -0.239. The van der Waals surface area contributed by atoms with Crippen molar-refractivity contribution >= 4 is 11.8 Å². The summed E-state index contributed by atoms with van der Waals surface area (Å²) >= 11 is 0. The zero-order valence-corrected chi connectivity index (χ0v) is 10.8. The molecule has 3 rings (SSSR count). The third-order valence-electron chi connectivity index (χ3n) is 3.87. The Morgan fingerprint density at radius 1 is 1.00 bits per heavy atom. The second-order valence-electron chi connectivity index (χ2n) is 5.14. The first-order valence-corrected chi connectivity index (χ1v) is 6.84. The molecule has 1 aromatic rings. The maximum absolute atomic E-state index is 12.1. The summed E-state index contributed by atoms with van der Waals surface area (Å²) in [4.78, 5) is 25.4. The summed E-state index contributed by atoms with van der Waals surface area (Å²) in [6.45, 7) is 0.0804. The molecule has 0 N–H and O–H groups in total. The van der Waals surface area contributed by atoms with E-state index in [1.54, 1.807) is 24.3 Å². The van der Waals surface area contributed by atoms with E-state index >= 15 is 0 Å². The van der Waals surface area contributed by atoms with E-state index in [1.807, 2.05) is 0 Å². The van der Waals surface area contributed by atoms with Crippen molar-refractivity contribution in [3.63, 3.8) is 0 Å². The summed E-state index contributed by atoms with van der Waals surface area (Å²) in [6, 6.07) is 6.93. The summed E-state index contributed by atoms with van der Waals surface area (Å²) < 4.78 is 5.72. The van der Waals surface area contributed by atoms with Crippen LogP contribution in [0.5, 0.6) is 0 Å². The molecule has 1 aliphatic carbocycles.